The Kier molecular flexibility index (Phi) is 3.62. The summed E-state index contributed by atoms with van der Waals surface area (Å²) < 4.78 is 0. The molecule has 0 radical (unpaired) electrons. The molecule has 1 heteroatoms. The normalized spacial score (nSPS) is 28.3. The third-order valence-electron chi connectivity index (χ3n) is 5.24. The van der Waals surface area contributed by atoms with Gasteiger partial charge in [0.1, 0.15) is 0 Å². The summed E-state index contributed by atoms with van der Waals surface area (Å²) >= 11 is 0. The second kappa shape index (κ2) is 5.31. The molecule has 0 bridgehead atoms. The largest absolute Gasteiger partial charge is 0.392 e. The van der Waals surface area contributed by atoms with Gasteiger partial charge in [-0.1, -0.05) is 61.1 Å². The number of hydrogen-bond acceptors (Lipinski definition) is 1. The molecule has 21 heavy (non-hydrogen) atoms. The van der Waals surface area contributed by atoms with Crippen molar-refractivity contribution in [3.8, 4) is 0 Å². The Hall–Kier alpha value is -1.60. The minimum absolute atomic E-state index is 0.0691. The van der Waals surface area contributed by atoms with E-state index in [1.165, 1.54) is 27.8 Å². The number of benzene rings is 1. The summed E-state index contributed by atoms with van der Waals surface area (Å²) in [7, 11) is 0. The van der Waals surface area contributed by atoms with Gasteiger partial charge < -0.3 is 5.11 Å². The van der Waals surface area contributed by atoms with E-state index in [2.05, 4.69) is 50.8 Å². The molecule has 1 aromatic rings. The molecule has 1 saturated carbocycles. The van der Waals surface area contributed by atoms with Gasteiger partial charge in [0.2, 0.25) is 0 Å². The molecule has 1 N–H and O–H groups in total. The predicted octanol–water partition coefficient (Wildman–Crippen LogP) is 4.51. The Morgan fingerprint density at radius 1 is 1.33 bits per heavy atom. The fraction of sp³-hybridized carbons (Fsp3) is 0.400. The maximum absolute atomic E-state index is 10.3. The van der Waals surface area contributed by atoms with Crippen LogP contribution in [0.2, 0.25) is 0 Å². The number of rotatable bonds is 3. The highest BCUT2D eigenvalue weighted by Crippen LogP contribution is 2.51. The van der Waals surface area contributed by atoms with E-state index in [9.17, 15) is 5.11 Å². The SMILES string of the molecule is C=CC1=C(Cc2ccc(C)cc2)C=C2CCC(O)C2(C)C1. The van der Waals surface area contributed by atoms with Crippen molar-refractivity contribution in [1.82, 2.24) is 0 Å². The van der Waals surface area contributed by atoms with Crippen LogP contribution >= 0.6 is 0 Å². The van der Waals surface area contributed by atoms with Crippen molar-refractivity contribution in [3.63, 3.8) is 0 Å². The van der Waals surface area contributed by atoms with Crippen molar-refractivity contribution in [2.24, 2.45) is 5.41 Å². The summed E-state index contributed by atoms with van der Waals surface area (Å²) in [6, 6.07) is 8.75. The van der Waals surface area contributed by atoms with Gasteiger partial charge in [0, 0.05) is 5.41 Å². The topological polar surface area (TPSA) is 20.2 Å². The maximum Gasteiger partial charge on any atom is 0.0637 e. The van der Waals surface area contributed by atoms with Gasteiger partial charge in [-0.05, 0) is 49.3 Å². The monoisotopic (exact) mass is 280 g/mol. The average molecular weight is 280 g/mol. The van der Waals surface area contributed by atoms with Crippen LogP contribution in [0.15, 0.2) is 59.7 Å². The first-order valence-electron chi connectivity index (χ1n) is 7.82. The van der Waals surface area contributed by atoms with Crippen molar-refractivity contribution >= 4 is 0 Å². The van der Waals surface area contributed by atoms with E-state index in [1.807, 2.05) is 6.08 Å². The van der Waals surface area contributed by atoms with Gasteiger partial charge in [-0.15, -0.1) is 0 Å². The van der Waals surface area contributed by atoms with Crippen LogP contribution in [-0.4, -0.2) is 11.2 Å². The lowest BCUT2D eigenvalue weighted by molar-refractivity contribution is 0.0834. The molecule has 3 rings (SSSR count). The lowest BCUT2D eigenvalue weighted by Gasteiger charge is -2.35. The van der Waals surface area contributed by atoms with Gasteiger partial charge >= 0.3 is 0 Å². The summed E-state index contributed by atoms with van der Waals surface area (Å²) in [6.07, 6.45) is 7.90. The Bertz CT molecular complexity index is 618. The molecule has 1 nitrogen and oxygen atoms in total. The number of hydrogen-bond donors (Lipinski definition) is 1. The standard InChI is InChI=1S/C20H24O/c1-4-16-13-20(3)18(9-10-19(20)21)12-17(16)11-15-7-5-14(2)6-8-15/h4-8,12,19,21H,1,9-11,13H2,2-3H3. The number of fused-ring (bicyclic) bond motifs is 1. The number of allylic oxidation sites excluding steroid dienone is 4. The molecule has 0 saturated heterocycles. The lowest BCUT2D eigenvalue weighted by atomic mass is 9.71. The molecule has 0 aromatic heterocycles. The van der Waals surface area contributed by atoms with Crippen molar-refractivity contribution in [2.75, 3.05) is 0 Å². The summed E-state index contributed by atoms with van der Waals surface area (Å²) in [5.41, 5.74) is 6.65. The van der Waals surface area contributed by atoms with Crippen LogP contribution < -0.4 is 0 Å². The van der Waals surface area contributed by atoms with E-state index in [-0.39, 0.29) is 11.5 Å². The third-order valence-corrected chi connectivity index (χ3v) is 5.24. The van der Waals surface area contributed by atoms with E-state index >= 15 is 0 Å². The Morgan fingerprint density at radius 2 is 2.05 bits per heavy atom. The zero-order chi connectivity index (χ0) is 15.0. The van der Waals surface area contributed by atoms with Crippen LogP contribution in [0.4, 0.5) is 0 Å². The molecule has 2 aliphatic rings. The third kappa shape index (κ3) is 2.51. The van der Waals surface area contributed by atoms with E-state index in [1.54, 1.807) is 0 Å². The van der Waals surface area contributed by atoms with Crippen LogP contribution in [-0.2, 0) is 6.42 Å². The molecule has 0 spiro atoms. The summed E-state index contributed by atoms with van der Waals surface area (Å²) in [6.45, 7) is 8.31. The van der Waals surface area contributed by atoms with Crippen LogP contribution in [0.25, 0.3) is 0 Å². The first-order valence-corrected chi connectivity index (χ1v) is 7.82. The van der Waals surface area contributed by atoms with Gasteiger partial charge in [0.15, 0.2) is 0 Å². The summed E-state index contributed by atoms with van der Waals surface area (Å²) in [5.74, 6) is 0. The second-order valence-electron chi connectivity index (χ2n) is 6.74. The van der Waals surface area contributed by atoms with Crippen molar-refractivity contribution < 1.29 is 5.11 Å². The molecule has 0 heterocycles. The Labute approximate surface area is 127 Å². The molecule has 2 atom stereocenters. The molecule has 2 unspecified atom stereocenters. The van der Waals surface area contributed by atoms with Gasteiger partial charge in [0.25, 0.3) is 0 Å². The van der Waals surface area contributed by atoms with Crippen LogP contribution in [0.5, 0.6) is 0 Å². The molecular weight excluding hydrogens is 256 g/mol. The van der Waals surface area contributed by atoms with Gasteiger partial charge in [0.05, 0.1) is 6.10 Å². The van der Waals surface area contributed by atoms with E-state index < -0.39 is 0 Å². The zero-order valence-electron chi connectivity index (χ0n) is 13.0. The molecule has 1 aromatic carbocycles. The smallest absolute Gasteiger partial charge is 0.0637 e. The highest BCUT2D eigenvalue weighted by Gasteiger charge is 2.43. The quantitative estimate of drug-likeness (QED) is 0.863. The molecular formula is C20H24O. The summed E-state index contributed by atoms with van der Waals surface area (Å²) in [5, 5.41) is 10.3. The highest BCUT2D eigenvalue weighted by molar-refractivity contribution is 5.46. The number of aliphatic hydroxyl groups is 1. The average Bonchev–Trinajstić information content (AvgIpc) is 2.76. The minimum Gasteiger partial charge on any atom is -0.392 e. The van der Waals surface area contributed by atoms with E-state index in [0.29, 0.717) is 0 Å². The molecule has 0 aliphatic heterocycles. The number of aryl methyl sites for hydroxylation is 1. The highest BCUT2D eigenvalue weighted by atomic mass is 16.3. The van der Waals surface area contributed by atoms with Crippen LogP contribution in [0.1, 0.15) is 37.3 Å². The van der Waals surface area contributed by atoms with E-state index in [4.69, 9.17) is 0 Å². The van der Waals surface area contributed by atoms with Gasteiger partial charge in [-0.25, -0.2) is 0 Å². The summed E-state index contributed by atoms with van der Waals surface area (Å²) in [4.78, 5) is 0. The van der Waals surface area contributed by atoms with E-state index in [0.717, 1.165) is 25.7 Å². The fourth-order valence-corrected chi connectivity index (χ4v) is 3.68. The van der Waals surface area contributed by atoms with Crippen molar-refractivity contribution in [3.05, 3.63) is 70.8 Å². The maximum atomic E-state index is 10.3. The minimum atomic E-state index is -0.209. The predicted molar refractivity (Wildman–Crippen MR) is 88.2 cm³/mol. The molecule has 2 aliphatic carbocycles. The molecule has 110 valence electrons. The van der Waals surface area contributed by atoms with Gasteiger partial charge in [-0.2, -0.15) is 0 Å². The van der Waals surface area contributed by atoms with Crippen molar-refractivity contribution in [1.29, 1.82) is 0 Å². The Balaban J connectivity index is 1.92. The first kappa shape index (κ1) is 14.3. The molecule has 1 fully saturated rings. The van der Waals surface area contributed by atoms with Crippen molar-refractivity contribution in [2.45, 2.75) is 45.6 Å². The zero-order valence-corrected chi connectivity index (χ0v) is 13.0. The van der Waals surface area contributed by atoms with Crippen LogP contribution in [0.3, 0.4) is 0 Å². The number of aliphatic hydroxyl groups excluding tert-OH is 1. The van der Waals surface area contributed by atoms with Crippen LogP contribution in [0, 0.1) is 12.3 Å². The first-order chi connectivity index (χ1) is 10.0. The second-order valence-corrected chi connectivity index (χ2v) is 6.74. The lowest BCUT2D eigenvalue weighted by Crippen LogP contribution is -2.30. The Morgan fingerprint density at radius 3 is 2.71 bits per heavy atom. The fourth-order valence-electron chi connectivity index (χ4n) is 3.68. The molecule has 0 amide bonds. The van der Waals surface area contributed by atoms with Gasteiger partial charge in [-0.3, -0.25) is 0 Å².